The molecule has 2 unspecified atom stereocenters. The van der Waals surface area contributed by atoms with E-state index in [1.807, 2.05) is 0 Å². The Morgan fingerprint density at radius 2 is 2.18 bits per heavy atom. The number of alkyl halides is 3. The van der Waals surface area contributed by atoms with Crippen LogP contribution in [-0.2, 0) is 4.79 Å². The standard InChI is InChI=1S/C11H19F3N2O/c1-8-6-15-5-3-9(8)7-16-10(17)2-4-11(12,13)14/h8-9,15H,2-7H2,1H3,(H,16,17). The van der Waals surface area contributed by atoms with Crippen LogP contribution in [-0.4, -0.2) is 31.7 Å². The summed E-state index contributed by atoms with van der Waals surface area (Å²) in [6.45, 7) is 4.38. The fraction of sp³-hybridized carbons (Fsp3) is 0.909. The number of piperidine rings is 1. The minimum absolute atomic E-state index is 0.367. The maximum atomic E-state index is 11.9. The normalized spacial score (nSPS) is 25.6. The third kappa shape index (κ3) is 5.91. The van der Waals surface area contributed by atoms with Crippen molar-refractivity contribution in [2.75, 3.05) is 19.6 Å². The highest BCUT2D eigenvalue weighted by atomic mass is 19.4. The van der Waals surface area contributed by atoms with Gasteiger partial charge in [0, 0.05) is 13.0 Å². The first-order chi connectivity index (χ1) is 7.88. The molecule has 1 aliphatic heterocycles. The lowest BCUT2D eigenvalue weighted by atomic mass is 9.88. The van der Waals surface area contributed by atoms with Crippen LogP contribution in [0.5, 0.6) is 0 Å². The van der Waals surface area contributed by atoms with Crippen LogP contribution in [0.3, 0.4) is 0 Å². The summed E-state index contributed by atoms with van der Waals surface area (Å²) in [5.74, 6) is 0.311. The van der Waals surface area contributed by atoms with Crippen molar-refractivity contribution in [1.82, 2.24) is 10.6 Å². The highest BCUT2D eigenvalue weighted by Gasteiger charge is 2.28. The van der Waals surface area contributed by atoms with Gasteiger partial charge in [0.15, 0.2) is 0 Å². The van der Waals surface area contributed by atoms with Crippen LogP contribution in [0.15, 0.2) is 0 Å². The van der Waals surface area contributed by atoms with Gasteiger partial charge in [0.2, 0.25) is 5.91 Å². The fourth-order valence-electron chi connectivity index (χ4n) is 1.96. The van der Waals surface area contributed by atoms with Crippen molar-refractivity contribution in [3.63, 3.8) is 0 Å². The van der Waals surface area contributed by atoms with Crippen molar-refractivity contribution in [3.05, 3.63) is 0 Å². The molecule has 100 valence electrons. The number of hydrogen-bond donors (Lipinski definition) is 2. The predicted octanol–water partition coefficient (Wildman–Crippen LogP) is 1.69. The van der Waals surface area contributed by atoms with Gasteiger partial charge in [-0.15, -0.1) is 0 Å². The quantitative estimate of drug-likeness (QED) is 0.799. The Labute approximate surface area is 99.1 Å². The highest BCUT2D eigenvalue weighted by molar-refractivity contribution is 5.75. The molecule has 2 N–H and O–H groups in total. The van der Waals surface area contributed by atoms with E-state index in [0.29, 0.717) is 18.4 Å². The number of carbonyl (C=O) groups is 1. The van der Waals surface area contributed by atoms with Crippen LogP contribution in [0.2, 0.25) is 0 Å². The summed E-state index contributed by atoms with van der Waals surface area (Å²) in [4.78, 5) is 11.2. The number of amides is 1. The summed E-state index contributed by atoms with van der Waals surface area (Å²) in [5, 5.41) is 5.82. The summed E-state index contributed by atoms with van der Waals surface area (Å²) < 4.78 is 35.7. The molecule has 1 aliphatic rings. The maximum absolute atomic E-state index is 11.9. The molecular weight excluding hydrogens is 233 g/mol. The van der Waals surface area contributed by atoms with Gasteiger partial charge < -0.3 is 10.6 Å². The Balaban J connectivity index is 2.19. The van der Waals surface area contributed by atoms with E-state index in [9.17, 15) is 18.0 Å². The van der Waals surface area contributed by atoms with E-state index in [-0.39, 0.29) is 0 Å². The summed E-state index contributed by atoms with van der Waals surface area (Å²) >= 11 is 0. The van der Waals surface area contributed by atoms with E-state index in [1.165, 1.54) is 0 Å². The van der Waals surface area contributed by atoms with Crippen molar-refractivity contribution in [1.29, 1.82) is 0 Å². The molecule has 1 fully saturated rings. The number of rotatable bonds is 4. The Kier molecular flexibility index (Phi) is 5.24. The Morgan fingerprint density at radius 1 is 1.47 bits per heavy atom. The second-order valence-corrected chi connectivity index (χ2v) is 4.65. The minimum Gasteiger partial charge on any atom is -0.356 e. The summed E-state index contributed by atoms with van der Waals surface area (Å²) in [6.07, 6.45) is -4.80. The van der Waals surface area contributed by atoms with Crippen LogP contribution in [0.1, 0.15) is 26.2 Å². The third-order valence-corrected chi connectivity index (χ3v) is 3.16. The van der Waals surface area contributed by atoms with Crippen molar-refractivity contribution in [2.24, 2.45) is 11.8 Å². The second kappa shape index (κ2) is 6.23. The van der Waals surface area contributed by atoms with Crippen LogP contribution >= 0.6 is 0 Å². The molecule has 1 heterocycles. The lowest BCUT2D eigenvalue weighted by molar-refractivity contribution is -0.144. The fourth-order valence-corrected chi connectivity index (χ4v) is 1.96. The molecule has 0 spiro atoms. The molecule has 1 rings (SSSR count). The molecule has 0 bridgehead atoms. The lowest BCUT2D eigenvalue weighted by Gasteiger charge is -2.29. The predicted molar refractivity (Wildman–Crippen MR) is 58.4 cm³/mol. The van der Waals surface area contributed by atoms with Gasteiger partial charge in [-0.05, 0) is 31.3 Å². The molecule has 0 aromatic rings. The molecule has 0 saturated carbocycles. The van der Waals surface area contributed by atoms with E-state index in [4.69, 9.17) is 0 Å². The average Bonchev–Trinajstić information content (AvgIpc) is 2.24. The molecule has 1 amide bonds. The van der Waals surface area contributed by atoms with Gasteiger partial charge in [-0.3, -0.25) is 4.79 Å². The Morgan fingerprint density at radius 3 is 2.76 bits per heavy atom. The van der Waals surface area contributed by atoms with Crippen LogP contribution < -0.4 is 10.6 Å². The zero-order valence-corrected chi connectivity index (χ0v) is 9.94. The molecule has 0 aromatic carbocycles. The number of hydrogen-bond acceptors (Lipinski definition) is 2. The van der Waals surface area contributed by atoms with Gasteiger partial charge in [0.25, 0.3) is 0 Å². The SMILES string of the molecule is CC1CNCCC1CNC(=O)CCC(F)(F)F. The zero-order chi connectivity index (χ0) is 12.9. The van der Waals surface area contributed by atoms with Gasteiger partial charge >= 0.3 is 6.18 Å². The molecule has 17 heavy (non-hydrogen) atoms. The molecule has 0 aliphatic carbocycles. The molecule has 6 heteroatoms. The first-order valence-corrected chi connectivity index (χ1v) is 5.92. The first-order valence-electron chi connectivity index (χ1n) is 5.92. The summed E-state index contributed by atoms with van der Waals surface area (Å²) in [7, 11) is 0. The largest absolute Gasteiger partial charge is 0.389 e. The second-order valence-electron chi connectivity index (χ2n) is 4.65. The Bertz CT molecular complexity index is 256. The average molecular weight is 252 g/mol. The van der Waals surface area contributed by atoms with Gasteiger partial charge in [-0.2, -0.15) is 13.2 Å². The number of nitrogens with one attached hydrogen (secondary N) is 2. The smallest absolute Gasteiger partial charge is 0.356 e. The van der Waals surface area contributed by atoms with Crippen LogP contribution in [0, 0.1) is 11.8 Å². The molecule has 3 nitrogen and oxygen atoms in total. The first kappa shape index (κ1) is 14.3. The van der Waals surface area contributed by atoms with Crippen molar-refractivity contribution in [3.8, 4) is 0 Å². The molecular formula is C11H19F3N2O. The number of halogens is 3. The molecule has 0 radical (unpaired) electrons. The van der Waals surface area contributed by atoms with E-state index < -0.39 is 24.9 Å². The van der Waals surface area contributed by atoms with Crippen LogP contribution in [0.25, 0.3) is 0 Å². The lowest BCUT2D eigenvalue weighted by Crippen LogP contribution is -2.41. The van der Waals surface area contributed by atoms with Gasteiger partial charge in [-0.1, -0.05) is 6.92 Å². The summed E-state index contributed by atoms with van der Waals surface area (Å²) in [6, 6.07) is 0. The molecule has 2 atom stereocenters. The van der Waals surface area contributed by atoms with Gasteiger partial charge in [-0.25, -0.2) is 0 Å². The van der Waals surface area contributed by atoms with Crippen molar-refractivity contribution >= 4 is 5.91 Å². The Hall–Kier alpha value is -0.780. The van der Waals surface area contributed by atoms with Gasteiger partial charge in [0.05, 0.1) is 6.42 Å². The van der Waals surface area contributed by atoms with Crippen molar-refractivity contribution in [2.45, 2.75) is 32.4 Å². The highest BCUT2D eigenvalue weighted by Crippen LogP contribution is 2.21. The molecule has 1 saturated heterocycles. The molecule has 0 aromatic heterocycles. The maximum Gasteiger partial charge on any atom is 0.389 e. The zero-order valence-electron chi connectivity index (χ0n) is 9.94. The van der Waals surface area contributed by atoms with E-state index >= 15 is 0 Å². The monoisotopic (exact) mass is 252 g/mol. The van der Waals surface area contributed by atoms with Crippen molar-refractivity contribution < 1.29 is 18.0 Å². The third-order valence-electron chi connectivity index (χ3n) is 3.16. The topological polar surface area (TPSA) is 41.1 Å². The van der Waals surface area contributed by atoms with E-state index in [0.717, 1.165) is 19.5 Å². The van der Waals surface area contributed by atoms with Crippen LogP contribution in [0.4, 0.5) is 13.2 Å². The summed E-state index contributed by atoms with van der Waals surface area (Å²) in [5.41, 5.74) is 0. The van der Waals surface area contributed by atoms with Gasteiger partial charge in [0.1, 0.15) is 0 Å². The number of carbonyl (C=O) groups excluding carboxylic acids is 1. The van der Waals surface area contributed by atoms with E-state index in [2.05, 4.69) is 17.6 Å². The van der Waals surface area contributed by atoms with E-state index in [1.54, 1.807) is 0 Å². The minimum atomic E-state index is -4.25.